The Hall–Kier alpha value is -3.85. The van der Waals surface area contributed by atoms with E-state index in [2.05, 4.69) is 4.74 Å². The highest BCUT2D eigenvalue weighted by atomic mass is 35.5. The summed E-state index contributed by atoms with van der Waals surface area (Å²) in [4.78, 5) is 48.9. The molecule has 0 aliphatic rings. The van der Waals surface area contributed by atoms with Gasteiger partial charge in [-0.1, -0.05) is 11.6 Å². The first-order valence-electron chi connectivity index (χ1n) is 10.4. The molecule has 3 rings (SSSR count). The number of imide groups is 1. The van der Waals surface area contributed by atoms with Gasteiger partial charge in [0, 0.05) is 21.7 Å². The number of benzene rings is 2. The van der Waals surface area contributed by atoms with E-state index in [0.717, 1.165) is 0 Å². The number of aromatic nitrogens is 1. The fourth-order valence-electron chi connectivity index (χ4n) is 3.45. The minimum atomic E-state index is -0.921. The van der Waals surface area contributed by atoms with Crippen molar-refractivity contribution >= 4 is 46.4 Å². The molecule has 0 spiro atoms. The van der Waals surface area contributed by atoms with E-state index in [1.54, 1.807) is 56.3 Å². The summed E-state index contributed by atoms with van der Waals surface area (Å²) in [5.41, 5.74) is 2.09. The second-order valence-electron chi connectivity index (χ2n) is 7.20. The summed E-state index contributed by atoms with van der Waals surface area (Å²) in [6, 6.07) is 11.7. The van der Waals surface area contributed by atoms with Crippen molar-refractivity contribution in [2.24, 2.45) is 0 Å². The van der Waals surface area contributed by atoms with Gasteiger partial charge in [0.25, 0.3) is 11.8 Å². The van der Waals surface area contributed by atoms with E-state index in [9.17, 15) is 19.2 Å². The molecule has 2 amide bonds. The van der Waals surface area contributed by atoms with Crippen molar-refractivity contribution in [3.8, 4) is 5.75 Å². The van der Waals surface area contributed by atoms with E-state index in [1.807, 2.05) is 5.32 Å². The highest BCUT2D eigenvalue weighted by Crippen LogP contribution is 2.31. The first-order chi connectivity index (χ1) is 16.2. The van der Waals surface area contributed by atoms with Crippen molar-refractivity contribution in [1.29, 1.82) is 0 Å². The maximum Gasteiger partial charge on any atom is 0.413 e. The highest BCUT2D eigenvalue weighted by Gasteiger charge is 2.23. The van der Waals surface area contributed by atoms with Gasteiger partial charge in [-0.2, -0.15) is 0 Å². The van der Waals surface area contributed by atoms with Crippen LogP contribution < -0.4 is 10.1 Å². The van der Waals surface area contributed by atoms with E-state index < -0.39 is 24.6 Å². The van der Waals surface area contributed by atoms with Crippen molar-refractivity contribution < 1.29 is 33.4 Å². The molecule has 0 aliphatic heterocycles. The molecular formula is C24H23ClN2O7. The number of rotatable bonds is 7. The number of ether oxygens (including phenoxy) is 3. The molecule has 10 heteroatoms. The number of halogens is 1. The number of esters is 1. The SMILES string of the molecule is CCOC(=O)NC(=O)COC(=O)Cc1c(C)n(C(=O)c2ccc(Cl)cc2)c2ccc(OC)cc12. The van der Waals surface area contributed by atoms with E-state index in [-0.39, 0.29) is 18.9 Å². The van der Waals surface area contributed by atoms with Crippen molar-refractivity contribution in [1.82, 2.24) is 9.88 Å². The number of fused-ring (bicyclic) bond motifs is 1. The number of carbonyl (C=O) groups excluding carboxylic acids is 4. The largest absolute Gasteiger partial charge is 0.497 e. The van der Waals surface area contributed by atoms with Crippen LogP contribution in [0.1, 0.15) is 28.5 Å². The Balaban J connectivity index is 1.88. The summed E-state index contributed by atoms with van der Waals surface area (Å²) < 4.78 is 16.4. The van der Waals surface area contributed by atoms with Crippen molar-refractivity contribution in [3.63, 3.8) is 0 Å². The standard InChI is InChI=1S/C24H23ClN2O7/c1-4-33-24(31)26-21(28)13-34-22(29)12-18-14(2)27(20-10-9-17(32-3)11-19(18)20)23(30)15-5-7-16(25)8-6-15/h5-11H,4,12-13H2,1-3H3,(H,26,28,31). The summed E-state index contributed by atoms with van der Waals surface area (Å²) in [5, 5.41) is 3.08. The molecule has 0 bridgehead atoms. The van der Waals surface area contributed by atoms with Crippen molar-refractivity contribution in [2.45, 2.75) is 20.3 Å². The lowest BCUT2D eigenvalue weighted by Gasteiger charge is -2.08. The summed E-state index contributed by atoms with van der Waals surface area (Å²) >= 11 is 5.94. The summed E-state index contributed by atoms with van der Waals surface area (Å²) in [5.74, 6) is -1.27. The molecular weight excluding hydrogens is 464 g/mol. The van der Waals surface area contributed by atoms with Gasteiger partial charge in [0.05, 0.1) is 25.7 Å². The zero-order valence-corrected chi connectivity index (χ0v) is 19.6. The maximum atomic E-state index is 13.3. The van der Waals surface area contributed by atoms with Gasteiger partial charge in [-0.3, -0.25) is 24.3 Å². The van der Waals surface area contributed by atoms with Crippen LogP contribution in [-0.2, 0) is 25.5 Å². The minimum absolute atomic E-state index is 0.0977. The van der Waals surface area contributed by atoms with Crippen LogP contribution in [0.4, 0.5) is 4.79 Å². The first kappa shape index (κ1) is 24.8. The van der Waals surface area contributed by atoms with Gasteiger partial charge >= 0.3 is 12.1 Å². The van der Waals surface area contributed by atoms with Crippen molar-refractivity contribution in [3.05, 3.63) is 64.3 Å². The van der Waals surface area contributed by atoms with Gasteiger partial charge in [0.15, 0.2) is 6.61 Å². The van der Waals surface area contributed by atoms with E-state index in [4.69, 9.17) is 21.1 Å². The normalized spacial score (nSPS) is 10.6. The molecule has 0 saturated heterocycles. The predicted octanol–water partition coefficient (Wildman–Crippen LogP) is 3.66. The van der Waals surface area contributed by atoms with Crippen LogP contribution >= 0.6 is 11.6 Å². The van der Waals surface area contributed by atoms with Crippen LogP contribution in [0.2, 0.25) is 5.02 Å². The lowest BCUT2D eigenvalue weighted by atomic mass is 10.1. The summed E-state index contributed by atoms with van der Waals surface area (Å²) in [7, 11) is 1.51. The Morgan fingerprint density at radius 3 is 2.38 bits per heavy atom. The number of nitrogens with zero attached hydrogens (tertiary/aromatic N) is 1. The van der Waals surface area contributed by atoms with Gasteiger partial charge in [0.2, 0.25) is 0 Å². The smallest absolute Gasteiger partial charge is 0.413 e. The molecule has 0 aliphatic carbocycles. The molecule has 0 atom stereocenters. The number of hydrogen-bond donors (Lipinski definition) is 1. The molecule has 34 heavy (non-hydrogen) atoms. The monoisotopic (exact) mass is 486 g/mol. The number of nitrogens with one attached hydrogen (secondary N) is 1. The van der Waals surface area contributed by atoms with Crippen LogP contribution in [0.25, 0.3) is 10.9 Å². The lowest BCUT2D eigenvalue weighted by Crippen LogP contribution is -2.34. The van der Waals surface area contributed by atoms with E-state index in [0.29, 0.717) is 38.5 Å². The van der Waals surface area contributed by atoms with Crippen LogP contribution in [0.3, 0.4) is 0 Å². The van der Waals surface area contributed by atoms with Crippen molar-refractivity contribution in [2.75, 3.05) is 20.3 Å². The van der Waals surface area contributed by atoms with Gasteiger partial charge < -0.3 is 14.2 Å². The average Bonchev–Trinajstić information content (AvgIpc) is 3.08. The number of methoxy groups -OCH3 is 1. The van der Waals surface area contributed by atoms with E-state index in [1.165, 1.54) is 11.7 Å². The molecule has 178 valence electrons. The van der Waals surface area contributed by atoms with Crippen LogP contribution in [0.5, 0.6) is 5.75 Å². The third kappa shape index (κ3) is 5.55. The number of carbonyl (C=O) groups is 4. The average molecular weight is 487 g/mol. The summed E-state index contributed by atoms with van der Waals surface area (Å²) in [6.45, 7) is 2.76. The van der Waals surface area contributed by atoms with Crippen LogP contribution in [0.15, 0.2) is 42.5 Å². The molecule has 2 aromatic carbocycles. The van der Waals surface area contributed by atoms with Gasteiger partial charge in [-0.25, -0.2) is 4.79 Å². The molecule has 0 unspecified atom stereocenters. The Morgan fingerprint density at radius 1 is 1.03 bits per heavy atom. The summed E-state index contributed by atoms with van der Waals surface area (Å²) in [6.07, 6.45) is -1.13. The third-order valence-corrected chi connectivity index (χ3v) is 5.29. The lowest BCUT2D eigenvalue weighted by molar-refractivity contribution is -0.147. The number of hydrogen-bond acceptors (Lipinski definition) is 7. The van der Waals surface area contributed by atoms with Gasteiger partial charge in [-0.05, 0) is 61.9 Å². The fraction of sp³-hybridized carbons (Fsp3) is 0.250. The molecule has 1 N–H and O–H groups in total. The van der Waals surface area contributed by atoms with Gasteiger partial charge in [-0.15, -0.1) is 0 Å². The second-order valence-corrected chi connectivity index (χ2v) is 7.64. The Labute approximate surface area is 200 Å². The van der Waals surface area contributed by atoms with Crippen LogP contribution in [0, 0.1) is 6.92 Å². The minimum Gasteiger partial charge on any atom is -0.497 e. The quantitative estimate of drug-likeness (QED) is 0.507. The zero-order chi connectivity index (χ0) is 24.8. The Morgan fingerprint density at radius 2 is 1.74 bits per heavy atom. The third-order valence-electron chi connectivity index (χ3n) is 5.04. The maximum absolute atomic E-state index is 13.3. The zero-order valence-electron chi connectivity index (χ0n) is 18.8. The molecule has 1 aromatic heterocycles. The second kappa shape index (κ2) is 10.8. The molecule has 0 fully saturated rings. The molecule has 3 aromatic rings. The molecule has 0 saturated carbocycles. The predicted molar refractivity (Wildman–Crippen MR) is 124 cm³/mol. The fourth-order valence-corrected chi connectivity index (χ4v) is 3.58. The molecule has 1 heterocycles. The van der Waals surface area contributed by atoms with Gasteiger partial charge in [0.1, 0.15) is 5.75 Å². The Bertz CT molecular complexity index is 1250. The topological polar surface area (TPSA) is 113 Å². The first-order valence-corrected chi connectivity index (χ1v) is 10.7. The number of alkyl carbamates (subject to hydrolysis) is 1. The Kier molecular flexibility index (Phi) is 7.91. The molecule has 0 radical (unpaired) electrons. The molecule has 9 nitrogen and oxygen atoms in total. The van der Waals surface area contributed by atoms with E-state index >= 15 is 0 Å². The van der Waals surface area contributed by atoms with Crippen LogP contribution in [-0.4, -0.2) is 48.8 Å². The highest BCUT2D eigenvalue weighted by molar-refractivity contribution is 6.30. The number of amides is 2.